The Labute approximate surface area is 158 Å². The quantitative estimate of drug-likeness (QED) is 0.693. The summed E-state index contributed by atoms with van der Waals surface area (Å²) in [5.41, 5.74) is 0.379. The highest BCUT2D eigenvalue weighted by Crippen LogP contribution is 2.25. The number of carbonyl (C=O) groups is 2. The molecule has 0 radical (unpaired) electrons. The number of carboxylic acids is 1. The highest BCUT2D eigenvalue weighted by atomic mass is 35.5. The molecule has 1 aromatic carbocycles. The lowest BCUT2D eigenvalue weighted by atomic mass is 10.2. The minimum Gasteiger partial charge on any atom is -0.476 e. The summed E-state index contributed by atoms with van der Waals surface area (Å²) >= 11 is 11.7. The van der Waals surface area contributed by atoms with Crippen LogP contribution in [-0.2, 0) is 11.3 Å². The number of aromatic nitrogens is 3. The van der Waals surface area contributed by atoms with Crippen molar-refractivity contribution in [3.63, 3.8) is 0 Å². The third kappa shape index (κ3) is 3.84. The molecule has 0 unspecified atom stereocenters. The van der Waals surface area contributed by atoms with E-state index in [0.717, 1.165) is 0 Å². The van der Waals surface area contributed by atoms with Gasteiger partial charge in [0.2, 0.25) is 5.91 Å². The number of imidazole rings is 1. The molecule has 132 valence electrons. The first kappa shape index (κ1) is 17.9. The second kappa shape index (κ2) is 7.55. The van der Waals surface area contributed by atoms with E-state index < -0.39 is 11.9 Å². The highest BCUT2D eigenvalue weighted by Gasteiger charge is 2.24. The Morgan fingerprint density at radius 2 is 1.85 bits per heavy atom. The minimum absolute atomic E-state index is 0.186. The summed E-state index contributed by atoms with van der Waals surface area (Å²) < 4.78 is 1.26. The van der Waals surface area contributed by atoms with Crippen molar-refractivity contribution in [3.05, 3.63) is 64.5 Å². The summed E-state index contributed by atoms with van der Waals surface area (Å²) in [7, 11) is 0. The number of pyridine rings is 1. The van der Waals surface area contributed by atoms with Gasteiger partial charge in [0, 0.05) is 11.8 Å². The molecular weight excluding hydrogens is 379 g/mol. The Morgan fingerprint density at radius 1 is 1.12 bits per heavy atom. The van der Waals surface area contributed by atoms with Crippen LogP contribution in [0.1, 0.15) is 10.5 Å². The number of carboxylic acid groups (broad SMARTS) is 1. The van der Waals surface area contributed by atoms with Gasteiger partial charge in [-0.15, -0.1) is 0 Å². The molecule has 0 atom stereocenters. The number of anilines is 1. The van der Waals surface area contributed by atoms with E-state index in [2.05, 4.69) is 15.3 Å². The third-order valence-electron chi connectivity index (χ3n) is 3.46. The Morgan fingerprint density at radius 3 is 2.46 bits per heavy atom. The van der Waals surface area contributed by atoms with Crippen LogP contribution in [0.3, 0.4) is 0 Å². The Bertz CT molecular complexity index is 956. The second-order valence-corrected chi connectivity index (χ2v) is 6.04. The molecule has 9 heteroatoms. The standard InChI is InChI=1S/C17H12Cl2N4O3/c18-11-6-7-12(20-8-11)21-13(24)9-23-14(17(25)26)15(19)22-16(23)10-4-2-1-3-5-10/h1-8H,9H2,(H,25,26)(H,20,21,24). The first-order chi connectivity index (χ1) is 12.5. The molecule has 7 nitrogen and oxygen atoms in total. The van der Waals surface area contributed by atoms with Gasteiger partial charge in [0.15, 0.2) is 10.8 Å². The van der Waals surface area contributed by atoms with E-state index in [1.165, 1.54) is 16.8 Å². The highest BCUT2D eigenvalue weighted by molar-refractivity contribution is 6.32. The lowest BCUT2D eigenvalue weighted by Gasteiger charge is -2.10. The molecule has 2 heterocycles. The van der Waals surface area contributed by atoms with Gasteiger partial charge in [-0.1, -0.05) is 53.5 Å². The summed E-state index contributed by atoms with van der Waals surface area (Å²) in [5.74, 6) is -1.17. The number of nitrogens with one attached hydrogen (secondary N) is 1. The van der Waals surface area contributed by atoms with Crippen LogP contribution in [0, 0.1) is 0 Å². The monoisotopic (exact) mass is 390 g/mol. The lowest BCUT2D eigenvalue weighted by molar-refractivity contribution is -0.116. The fourth-order valence-corrected chi connectivity index (χ4v) is 2.74. The van der Waals surface area contributed by atoms with Crippen LogP contribution < -0.4 is 5.32 Å². The van der Waals surface area contributed by atoms with Gasteiger partial charge in [0.05, 0.1) is 5.02 Å². The molecule has 3 rings (SSSR count). The third-order valence-corrected chi connectivity index (χ3v) is 3.94. The maximum Gasteiger partial charge on any atom is 0.355 e. The summed E-state index contributed by atoms with van der Waals surface area (Å²) in [6.45, 7) is -0.296. The van der Waals surface area contributed by atoms with Crippen LogP contribution in [0.4, 0.5) is 5.82 Å². The molecule has 0 aliphatic carbocycles. The zero-order chi connectivity index (χ0) is 18.7. The Hall–Kier alpha value is -2.90. The average molecular weight is 391 g/mol. The van der Waals surface area contributed by atoms with Crippen LogP contribution in [0.25, 0.3) is 11.4 Å². The molecule has 0 aliphatic rings. The summed E-state index contributed by atoms with van der Waals surface area (Å²) in [6.07, 6.45) is 1.39. The number of aromatic carboxylic acids is 1. The molecule has 0 fully saturated rings. The van der Waals surface area contributed by atoms with Crippen LogP contribution in [0.2, 0.25) is 10.2 Å². The molecular formula is C17H12Cl2N4O3. The van der Waals surface area contributed by atoms with Crippen molar-refractivity contribution in [1.82, 2.24) is 14.5 Å². The average Bonchev–Trinajstić information content (AvgIpc) is 2.94. The molecule has 0 spiro atoms. The van der Waals surface area contributed by atoms with Crippen molar-refractivity contribution in [2.45, 2.75) is 6.54 Å². The molecule has 0 aliphatic heterocycles. The van der Waals surface area contributed by atoms with E-state index in [1.807, 2.05) is 6.07 Å². The predicted octanol–water partition coefficient (Wildman–Crippen LogP) is 3.59. The molecule has 0 saturated heterocycles. The van der Waals surface area contributed by atoms with Gasteiger partial charge < -0.3 is 15.0 Å². The first-order valence-electron chi connectivity index (χ1n) is 7.42. The fourth-order valence-electron chi connectivity index (χ4n) is 2.36. The van der Waals surface area contributed by atoms with Crippen LogP contribution in [0.5, 0.6) is 0 Å². The minimum atomic E-state index is -1.28. The fraction of sp³-hybridized carbons (Fsp3) is 0.0588. The number of nitrogens with zero attached hydrogens (tertiary/aromatic N) is 3. The van der Waals surface area contributed by atoms with Gasteiger partial charge in [-0.2, -0.15) is 0 Å². The van der Waals surface area contributed by atoms with Crippen molar-refractivity contribution in [2.75, 3.05) is 5.32 Å². The number of rotatable bonds is 5. The lowest BCUT2D eigenvalue weighted by Crippen LogP contribution is -2.22. The van der Waals surface area contributed by atoms with E-state index >= 15 is 0 Å². The van der Waals surface area contributed by atoms with Crippen LogP contribution >= 0.6 is 23.2 Å². The molecule has 2 aromatic heterocycles. The van der Waals surface area contributed by atoms with Crippen molar-refractivity contribution in [3.8, 4) is 11.4 Å². The largest absolute Gasteiger partial charge is 0.476 e. The summed E-state index contributed by atoms with van der Waals surface area (Å²) in [5, 5.41) is 12.3. The van der Waals surface area contributed by atoms with Crippen LogP contribution in [-0.4, -0.2) is 31.5 Å². The molecule has 0 saturated carbocycles. The van der Waals surface area contributed by atoms with Gasteiger partial charge in [-0.3, -0.25) is 4.79 Å². The number of halogens is 2. The van der Waals surface area contributed by atoms with Crippen molar-refractivity contribution in [1.29, 1.82) is 0 Å². The van der Waals surface area contributed by atoms with Gasteiger partial charge in [0.25, 0.3) is 0 Å². The van der Waals surface area contributed by atoms with E-state index in [1.54, 1.807) is 30.3 Å². The molecule has 2 N–H and O–H groups in total. The van der Waals surface area contributed by atoms with Gasteiger partial charge in [-0.05, 0) is 12.1 Å². The van der Waals surface area contributed by atoms with Crippen molar-refractivity contribution in [2.24, 2.45) is 0 Å². The normalized spacial score (nSPS) is 10.5. The SMILES string of the molecule is O=C(Cn1c(-c2ccccc2)nc(Cl)c1C(=O)O)Nc1ccc(Cl)cn1. The van der Waals surface area contributed by atoms with Crippen molar-refractivity contribution < 1.29 is 14.7 Å². The zero-order valence-corrected chi connectivity index (χ0v) is 14.7. The summed E-state index contributed by atoms with van der Waals surface area (Å²) in [6, 6.07) is 12.0. The predicted molar refractivity (Wildman–Crippen MR) is 97.5 cm³/mol. The van der Waals surface area contributed by atoms with E-state index in [0.29, 0.717) is 16.4 Å². The van der Waals surface area contributed by atoms with Gasteiger partial charge in [-0.25, -0.2) is 14.8 Å². The van der Waals surface area contributed by atoms with E-state index in [9.17, 15) is 14.7 Å². The van der Waals surface area contributed by atoms with Crippen molar-refractivity contribution >= 4 is 40.9 Å². The molecule has 26 heavy (non-hydrogen) atoms. The number of benzene rings is 1. The maximum absolute atomic E-state index is 12.4. The number of amides is 1. The Kier molecular flexibility index (Phi) is 5.20. The Balaban J connectivity index is 1.93. The van der Waals surface area contributed by atoms with E-state index in [-0.39, 0.29) is 23.2 Å². The zero-order valence-electron chi connectivity index (χ0n) is 13.2. The number of carbonyl (C=O) groups excluding carboxylic acids is 1. The topological polar surface area (TPSA) is 97.1 Å². The molecule has 3 aromatic rings. The number of hydrogen-bond donors (Lipinski definition) is 2. The first-order valence-corrected chi connectivity index (χ1v) is 8.17. The number of hydrogen-bond acceptors (Lipinski definition) is 4. The smallest absolute Gasteiger partial charge is 0.355 e. The second-order valence-electron chi connectivity index (χ2n) is 5.24. The van der Waals surface area contributed by atoms with E-state index in [4.69, 9.17) is 23.2 Å². The van der Waals surface area contributed by atoms with Crippen LogP contribution in [0.15, 0.2) is 48.7 Å². The summed E-state index contributed by atoms with van der Waals surface area (Å²) in [4.78, 5) is 32.0. The van der Waals surface area contributed by atoms with Gasteiger partial charge >= 0.3 is 5.97 Å². The maximum atomic E-state index is 12.4. The van der Waals surface area contributed by atoms with Gasteiger partial charge in [0.1, 0.15) is 18.2 Å². The molecule has 1 amide bonds. The molecule has 0 bridgehead atoms.